The minimum atomic E-state index is -3.70. The van der Waals surface area contributed by atoms with Crippen LogP contribution in [0.5, 0.6) is 0 Å². The van der Waals surface area contributed by atoms with Gasteiger partial charge in [0, 0.05) is 0 Å². The molecule has 0 aliphatic carbocycles. The molecular weight excluding hydrogens is 328 g/mol. The van der Waals surface area contributed by atoms with E-state index in [9.17, 15) is 16.8 Å². The Morgan fingerprint density at radius 2 is 1.14 bits per heavy atom. The SMILES string of the molecule is C=CCC[C@@H](C#N)S(N)(=O)=O.C=CCC[C@H](C#N)S(N)(=O)=O. The Balaban J connectivity index is 0. The van der Waals surface area contributed by atoms with E-state index in [4.69, 9.17) is 20.8 Å². The van der Waals surface area contributed by atoms with Gasteiger partial charge in [0.15, 0.2) is 10.5 Å². The zero-order valence-electron chi connectivity index (χ0n) is 12.1. The van der Waals surface area contributed by atoms with E-state index in [2.05, 4.69) is 13.2 Å². The van der Waals surface area contributed by atoms with Crippen LogP contribution in [0, 0.1) is 22.7 Å². The third-order valence-electron chi connectivity index (χ3n) is 2.35. The Hall–Kier alpha value is -1.72. The largest absolute Gasteiger partial charge is 0.228 e. The molecule has 124 valence electrons. The summed E-state index contributed by atoms with van der Waals surface area (Å²) in [6, 6.07) is 3.23. The monoisotopic (exact) mass is 348 g/mol. The van der Waals surface area contributed by atoms with Gasteiger partial charge < -0.3 is 0 Å². The minimum Gasteiger partial charge on any atom is -0.228 e. The van der Waals surface area contributed by atoms with Crippen molar-refractivity contribution in [2.45, 2.75) is 36.2 Å². The van der Waals surface area contributed by atoms with Crippen molar-refractivity contribution in [3.8, 4) is 12.1 Å². The molecule has 8 nitrogen and oxygen atoms in total. The molecule has 4 N–H and O–H groups in total. The maximum absolute atomic E-state index is 10.6. The highest BCUT2D eigenvalue weighted by Gasteiger charge is 2.19. The molecule has 0 aliphatic heterocycles. The van der Waals surface area contributed by atoms with Crippen LogP contribution in [0.3, 0.4) is 0 Å². The molecule has 0 bridgehead atoms. The van der Waals surface area contributed by atoms with Gasteiger partial charge in [-0.3, -0.25) is 0 Å². The van der Waals surface area contributed by atoms with E-state index in [1.54, 1.807) is 24.3 Å². The Labute approximate surface area is 131 Å². The van der Waals surface area contributed by atoms with Crippen LogP contribution in [0.1, 0.15) is 25.7 Å². The molecule has 0 aliphatic rings. The number of nitriles is 2. The molecule has 22 heavy (non-hydrogen) atoms. The fraction of sp³-hybridized carbons (Fsp3) is 0.500. The standard InChI is InChI=1S/2C6H10N2O2S/c2*1-2-3-4-6(5-7)11(8,9)10/h2*2,6H,1,3-4H2,(H2,8,9,10)/t2*6-/m10/s1. The molecule has 0 heterocycles. The van der Waals surface area contributed by atoms with Crippen LogP contribution in [0.2, 0.25) is 0 Å². The van der Waals surface area contributed by atoms with Gasteiger partial charge in [-0.1, -0.05) is 12.2 Å². The average molecular weight is 348 g/mol. The predicted octanol–water partition coefficient (Wildman–Crippen LogP) is 0.267. The number of hydrogen-bond donors (Lipinski definition) is 2. The average Bonchev–Trinajstić information content (AvgIpc) is 2.38. The Morgan fingerprint density at radius 1 is 0.864 bits per heavy atom. The first-order chi connectivity index (χ1) is 10.0. The van der Waals surface area contributed by atoms with Gasteiger partial charge in [-0.15, -0.1) is 13.2 Å². The third kappa shape index (κ3) is 11.0. The Kier molecular flexibility index (Phi) is 11.2. The lowest BCUT2D eigenvalue weighted by atomic mass is 10.2. The molecule has 0 aromatic rings. The number of rotatable bonds is 8. The number of sulfonamides is 2. The highest BCUT2D eigenvalue weighted by Crippen LogP contribution is 2.04. The predicted molar refractivity (Wildman–Crippen MR) is 83.9 cm³/mol. The molecule has 0 saturated carbocycles. The van der Waals surface area contributed by atoms with Crippen LogP contribution in [0.4, 0.5) is 0 Å². The fourth-order valence-corrected chi connectivity index (χ4v) is 2.37. The number of allylic oxidation sites excluding steroid dienone is 2. The van der Waals surface area contributed by atoms with Crippen molar-refractivity contribution in [1.29, 1.82) is 10.5 Å². The van der Waals surface area contributed by atoms with Crippen molar-refractivity contribution in [1.82, 2.24) is 0 Å². The van der Waals surface area contributed by atoms with Crippen LogP contribution in [0.25, 0.3) is 0 Å². The van der Waals surface area contributed by atoms with Crippen molar-refractivity contribution in [2.75, 3.05) is 0 Å². The quantitative estimate of drug-likeness (QED) is 0.596. The molecule has 0 unspecified atom stereocenters. The molecule has 0 aromatic heterocycles. The van der Waals surface area contributed by atoms with Gasteiger partial charge in [0.2, 0.25) is 20.0 Å². The normalized spacial score (nSPS) is 13.5. The third-order valence-corrected chi connectivity index (χ3v) is 4.62. The zero-order chi connectivity index (χ0) is 17.8. The van der Waals surface area contributed by atoms with Crippen LogP contribution >= 0.6 is 0 Å². The van der Waals surface area contributed by atoms with Gasteiger partial charge in [-0.2, -0.15) is 10.5 Å². The second-order valence-corrected chi connectivity index (χ2v) is 7.64. The molecule has 2 atom stereocenters. The van der Waals surface area contributed by atoms with E-state index >= 15 is 0 Å². The molecule has 0 spiro atoms. The van der Waals surface area contributed by atoms with E-state index < -0.39 is 30.5 Å². The summed E-state index contributed by atoms with van der Waals surface area (Å²) in [7, 11) is -7.39. The first-order valence-electron chi connectivity index (χ1n) is 6.08. The van der Waals surface area contributed by atoms with E-state index in [1.165, 1.54) is 0 Å². The van der Waals surface area contributed by atoms with E-state index in [0.717, 1.165) is 0 Å². The van der Waals surface area contributed by atoms with Crippen molar-refractivity contribution in [3.63, 3.8) is 0 Å². The highest BCUT2D eigenvalue weighted by molar-refractivity contribution is 7.90. The summed E-state index contributed by atoms with van der Waals surface area (Å²) in [5.41, 5.74) is 0. The second-order valence-electron chi connectivity index (χ2n) is 4.15. The molecule has 0 radical (unpaired) electrons. The Morgan fingerprint density at radius 3 is 1.27 bits per heavy atom. The lowest BCUT2D eigenvalue weighted by molar-refractivity contribution is 0.585. The molecule has 0 rings (SSSR count). The summed E-state index contributed by atoms with van der Waals surface area (Å²) in [6.45, 7) is 6.81. The van der Waals surface area contributed by atoms with Crippen LogP contribution in [-0.2, 0) is 20.0 Å². The van der Waals surface area contributed by atoms with Gasteiger partial charge in [-0.25, -0.2) is 27.1 Å². The number of hydrogen-bond acceptors (Lipinski definition) is 6. The van der Waals surface area contributed by atoms with Gasteiger partial charge in [-0.05, 0) is 25.7 Å². The Bertz CT molecular complexity index is 584. The summed E-state index contributed by atoms with van der Waals surface area (Å²) in [4.78, 5) is 0. The maximum atomic E-state index is 10.6. The van der Waals surface area contributed by atoms with Crippen molar-refractivity contribution in [3.05, 3.63) is 25.3 Å². The lowest BCUT2D eigenvalue weighted by Gasteiger charge is -2.02. The zero-order valence-corrected chi connectivity index (χ0v) is 13.7. The molecule has 10 heteroatoms. The topological polar surface area (TPSA) is 168 Å². The van der Waals surface area contributed by atoms with E-state index in [1.807, 2.05) is 0 Å². The highest BCUT2D eigenvalue weighted by atomic mass is 32.2. The van der Waals surface area contributed by atoms with Crippen LogP contribution < -0.4 is 10.3 Å². The van der Waals surface area contributed by atoms with Gasteiger partial charge >= 0.3 is 0 Å². The van der Waals surface area contributed by atoms with E-state index in [-0.39, 0.29) is 12.8 Å². The molecule has 0 saturated heterocycles. The summed E-state index contributed by atoms with van der Waals surface area (Å²) in [5, 5.41) is 24.0. The van der Waals surface area contributed by atoms with Gasteiger partial charge in [0.05, 0.1) is 12.1 Å². The second kappa shape index (κ2) is 10.9. The van der Waals surface area contributed by atoms with Crippen molar-refractivity contribution in [2.24, 2.45) is 10.3 Å². The van der Waals surface area contributed by atoms with Crippen LogP contribution in [0.15, 0.2) is 25.3 Å². The number of nitrogens with zero attached hydrogens (tertiary/aromatic N) is 2. The van der Waals surface area contributed by atoms with E-state index in [0.29, 0.717) is 12.8 Å². The van der Waals surface area contributed by atoms with Gasteiger partial charge in [0.25, 0.3) is 0 Å². The molecular formula is C12H20N4O4S2. The van der Waals surface area contributed by atoms with Crippen molar-refractivity contribution < 1.29 is 16.8 Å². The first-order valence-corrected chi connectivity index (χ1v) is 9.30. The van der Waals surface area contributed by atoms with Crippen LogP contribution in [-0.4, -0.2) is 27.3 Å². The number of nitrogens with two attached hydrogens (primary N) is 2. The lowest BCUT2D eigenvalue weighted by Crippen LogP contribution is -2.26. The summed E-state index contributed by atoms with van der Waals surface area (Å²) in [5.74, 6) is 0. The van der Waals surface area contributed by atoms with Gasteiger partial charge in [0.1, 0.15) is 0 Å². The maximum Gasteiger partial charge on any atom is 0.225 e. The number of primary sulfonamides is 2. The van der Waals surface area contributed by atoms with Crippen molar-refractivity contribution >= 4 is 20.0 Å². The summed E-state index contributed by atoms with van der Waals surface area (Å²) < 4.78 is 42.4. The summed E-state index contributed by atoms with van der Waals surface area (Å²) in [6.07, 6.45) is 4.51. The summed E-state index contributed by atoms with van der Waals surface area (Å²) >= 11 is 0. The molecule has 0 amide bonds. The smallest absolute Gasteiger partial charge is 0.225 e. The molecule has 0 aromatic carbocycles. The fourth-order valence-electron chi connectivity index (χ4n) is 1.14. The molecule has 0 fully saturated rings. The first kappa shape index (κ1) is 22.6. The minimum absolute atomic E-state index is 0.221.